The van der Waals surface area contributed by atoms with Crippen LogP contribution in [0.1, 0.15) is 32.8 Å². The SMILES string of the molecule is CC(C)(C)C(=O)N1CCN(CCCOCCc2ccccc2)CC1. The Labute approximate surface area is 146 Å². The fourth-order valence-electron chi connectivity index (χ4n) is 2.98. The number of carbonyl (C=O) groups is 1. The van der Waals surface area contributed by atoms with E-state index >= 15 is 0 Å². The van der Waals surface area contributed by atoms with Crippen molar-refractivity contribution in [1.82, 2.24) is 9.80 Å². The Balaban J connectivity index is 1.53. The van der Waals surface area contributed by atoms with Gasteiger partial charge in [-0.25, -0.2) is 0 Å². The highest BCUT2D eigenvalue weighted by atomic mass is 16.5. The van der Waals surface area contributed by atoms with Crippen LogP contribution < -0.4 is 0 Å². The lowest BCUT2D eigenvalue weighted by atomic mass is 9.94. The predicted molar refractivity (Wildman–Crippen MR) is 98.1 cm³/mol. The molecule has 4 nitrogen and oxygen atoms in total. The second-order valence-electron chi connectivity index (χ2n) is 7.59. The molecule has 1 heterocycles. The van der Waals surface area contributed by atoms with Gasteiger partial charge in [0.1, 0.15) is 0 Å². The Morgan fingerprint density at radius 2 is 1.71 bits per heavy atom. The molecule has 2 rings (SSSR count). The summed E-state index contributed by atoms with van der Waals surface area (Å²) in [4.78, 5) is 16.7. The van der Waals surface area contributed by atoms with E-state index in [0.29, 0.717) is 0 Å². The van der Waals surface area contributed by atoms with Gasteiger partial charge in [0.2, 0.25) is 5.91 Å². The lowest BCUT2D eigenvalue weighted by Crippen LogP contribution is -2.51. The largest absolute Gasteiger partial charge is 0.381 e. The molecule has 0 spiro atoms. The van der Waals surface area contributed by atoms with Gasteiger partial charge in [-0.1, -0.05) is 51.1 Å². The van der Waals surface area contributed by atoms with Crippen LogP contribution in [-0.2, 0) is 16.0 Å². The molecule has 0 saturated carbocycles. The lowest BCUT2D eigenvalue weighted by molar-refractivity contribution is -0.141. The van der Waals surface area contributed by atoms with Crippen molar-refractivity contribution in [3.63, 3.8) is 0 Å². The van der Waals surface area contributed by atoms with Crippen LogP contribution in [0.4, 0.5) is 0 Å². The zero-order valence-corrected chi connectivity index (χ0v) is 15.5. The Morgan fingerprint density at radius 3 is 2.33 bits per heavy atom. The topological polar surface area (TPSA) is 32.8 Å². The second kappa shape index (κ2) is 9.19. The standard InChI is InChI=1S/C20H32N2O2/c1-20(2,3)19(23)22-14-12-21(13-15-22)11-7-16-24-17-10-18-8-5-4-6-9-18/h4-6,8-9H,7,10-17H2,1-3H3. The van der Waals surface area contributed by atoms with Crippen LogP contribution in [0.2, 0.25) is 0 Å². The fourth-order valence-corrected chi connectivity index (χ4v) is 2.98. The molecule has 0 radical (unpaired) electrons. The number of rotatable bonds is 7. The summed E-state index contributed by atoms with van der Waals surface area (Å²) in [6, 6.07) is 10.5. The van der Waals surface area contributed by atoms with Crippen LogP contribution in [0.15, 0.2) is 30.3 Å². The van der Waals surface area contributed by atoms with Crippen LogP contribution in [0.5, 0.6) is 0 Å². The molecular formula is C20H32N2O2. The number of hydrogen-bond donors (Lipinski definition) is 0. The van der Waals surface area contributed by atoms with E-state index in [2.05, 4.69) is 29.2 Å². The highest BCUT2D eigenvalue weighted by Crippen LogP contribution is 2.18. The van der Waals surface area contributed by atoms with Crippen molar-refractivity contribution in [2.24, 2.45) is 5.41 Å². The van der Waals surface area contributed by atoms with Crippen molar-refractivity contribution in [1.29, 1.82) is 0 Å². The lowest BCUT2D eigenvalue weighted by Gasteiger charge is -2.37. The van der Waals surface area contributed by atoms with Gasteiger partial charge in [-0.3, -0.25) is 9.69 Å². The summed E-state index contributed by atoms with van der Waals surface area (Å²) in [5, 5.41) is 0. The quantitative estimate of drug-likeness (QED) is 0.720. The molecule has 0 aliphatic carbocycles. The van der Waals surface area contributed by atoms with Crippen molar-refractivity contribution in [3.05, 3.63) is 35.9 Å². The van der Waals surface area contributed by atoms with E-state index < -0.39 is 0 Å². The number of benzene rings is 1. The molecule has 0 aromatic heterocycles. The van der Waals surface area contributed by atoms with E-state index in [-0.39, 0.29) is 11.3 Å². The highest BCUT2D eigenvalue weighted by Gasteiger charge is 2.29. The van der Waals surface area contributed by atoms with Gasteiger partial charge < -0.3 is 9.64 Å². The van der Waals surface area contributed by atoms with Gasteiger partial charge in [0, 0.05) is 44.7 Å². The van der Waals surface area contributed by atoms with Crippen molar-refractivity contribution in [2.45, 2.75) is 33.6 Å². The molecular weight excluding hydrogens is 300 g/mol. The van der Waals surface area contributed by atoms with Gasteiger partial charge in [0.25, 0.3) is 0 Å². The Kier molecular flexibility index (Phi) is 7.25. The van der Waals surface area contributed by atoms with Crippen LogP contribution in [0.25, 0.3) is 0 Å². The molecule has 1 aliphatic heterocycles. The monoisotopic (exact) mass is 332 g/mol. The zero-order valence-electron chi connectivity index (χ0n) is 15.5. The van der Waals surface area contributed by atoms with Crippen molar-refractivity contribution < 1.29 is 9.53 Å². The van der Waals surface area contributed by atoms with E-state index in [1.807, 2.05) is 31.7 Å². The van der Waals surface area contributed by atoms with Crippen molar-refractivity contribution >= 4 is 5.91 Å². The number of amides is 1. The molecule has 1 saturated heterocycles. The molecule has 0 atom stereocenters. The number of hydrogen-bond acceptors (Lipinski definition) is 3. The van der Waals surface area contributed by atoms with Crippen LogP contribution in [0, 0.1) is 5.41 Å². The summed E-state index contributed by atoms with van der Waals surface area (Å²) in [5.74, 6) is 0.270. The molecule has 1 amide bonds. The van der Waals surface area contributed by atoms with Crippen LogP contribution in [0.3, 0.4) is 0 Å². The first-order valence-corrected chi connectivity index (χ1v) is 9.10. The summed E-state index contributed by atoms with van der Waals surface area (Å²) >= 11 is 0. The third kappa shape index (κ3) is 6.25. The molecule has 24 heavy (non-hydrogen) atoms. The van der Waals surface area contributed by atoms with E-state index in [4.69, 9.17) is 4.74 Å². The molecule has 134 valence electrons. The molecule has 4 heteroatoms. The van der Waals surface area contributed by atoms with Gasteiger partial charge >= 0.3 is 0 Å². The van der Waals surface area contributed by atoms with E-state index in [0.717, 1.165) is 58.8 Å². The smallest absolute Gasteiger partial charge is 0.228 e. The van der Waals surface area contributed by atoms with Gasteiger partial charge in [-0.15, -0.1) is 0 Å². The molecule has 1 aliphatic rings. The van der Waals surface area contributed by atoms with E-state index in [1.54, 1.807) is 0 Å². The summed E-state index contributed by atoms with van der Waals surface area (Å²) < 4.78 is 5.74. The highest BCUT2D eigenvalue weighted by molar-refractivity contribution is 5.81. The van der Waals surface area contributed by atoms with Crippen LogP contribution in [-0.4, -0.2) is 61.6 Å². The molecule has 1 aromatic rings. The average Bonchev–Trinajstić information content (AvgIpc) is 2.58. The number of nitrogens with zero attached hydrogens (tertiary/aromatic N) is 2. The van der Waals surface area contributed by atoms with E-state index in [1.165, 1.54) is 5.56 Å². The molecule has 0 N–H and O–H groups in total. The third-order valence-corrected chi connectivity index (χ3v) is 4.44. The van der Waals surface area contributed by atoms with E-state index in [9.17, 15) is 4.79 Å². The Morgan fingerprint density at radius 1 is 1.04 bits per heavy atom. The average molecular weight is 332 g/mol. The summed E-state index contributed by atoms with van der Waals surface area (Å²) in [5.41, 5.74) is 1.06. The first-order chi connectivity index (χ1) is 11.5. The first-order valence-electron chi connectivity index (χ1n) is 9.10. The van der Waals surface area contributed by atoms with Crippen molar-refractivity contribution in [3.8, 4) is 0 Å². The van der Waals surface area contributed by atoms with Gasteiger partial charge in [-0.05, 0) is 18.4 Å². The summed E-state index contributed by atoms with van der Waals surface area (Å²) in [6.07, 6.45) is 2.04. The maximum absolute atomic E-state index is 12.3. The minimum atomic E-state index is -0.269. The molecule has 0 bridgehead atoms. The molecule has 0 unspecified atom stereocenters. The minimum Gasteiger partial charge on any atom is -0.381 e. The summed E-state index contributed by atoms with van der Waals surface area (Å²) in [7, 11) is 0. The van der Waals surface area contributed by atoms with Gasteiger partial charge in [0.15, 0.2) is 0 Å². The number of carbonyl (C=O) groups excluding carboxylic acids is 1. The minimum absolute atomic E-state index is 0.269. The molecule has 1 aromatic carbocycles. The van der Waals surface area contributed by atoms with Gasteiger partial charge in [0.05, 0.1) is 6.61 Å². The zero-order chi connectivity index (χ0) is 17.4. The normalized spacial score (nSPS) is 16.4. The Hall–Kier alpha value is -1.39. The first kappa shape index (κ1) is 18.9. The molecule has 1 fully saturated rings. The fraction of sp³-hybridized carbons (Fsp3) is 0.650. The Bertz CT molecular complexity index is 488. The van der Waals surface area contributed by atoms with Gasteiger partial charge in [-0.2, -0.15) is 0 Å². The third-order valence-electron chi connectivity index (χ3n) is 4.44. The number of ether oxygens (including phenoxy) is 1. The maximum Gasteiger partial charge on any atom is 0.228 e. The number of piperazine rings is 1. The van der Waals surface area contributed by atoms with Crippen molar-refractivity contribution in [2.75, 3.05) is 45.9 Å². The van der Waals surface area contributed by atoms with Crippen LogP contribution >= 0.6 is 0 Å². The summed E-state index contributed by atoms with van der Waals surface area (Å²) in [6.45, 7) is 12.3. The maximum atomic E-state index is 12.3. The predicted octanol–water partition coefficient (Wildman–Crippen LogP) is 2.83. The second-order valence-corrected chi connectivity index (χ2v) is 7.59.